The highest BCUT2D eigenvalue weighted by Gasteiger charge is 2.08. The third-order valence-corrected chi connectivity index (χ3v) is 3.98. The van der Waals surface area contributed by atoms with Gasteiger partial charge in [0, 0.05) is 29.0 Å². The first-order valence-corrected chi connectivity index (χ1v) is 7.55. The molecular weight excluding hydrogens is 270 g/mol. The van der Waals surface area contributed by atoms with Crippen LogP contribution in [0.15, 0.2) is 66.9 Å². The van der Waals surface area contributed by atoms with Crippen LogP contribution in [0.5, 0.6) is 0 Å². The molecule has 0 unspecified atom stereocenters. The van der Waals surface area contributed by atoms with Crippen LogP contribution in [0.25, 0.3) is 21.8 Å². The summed E-state index contributed by atoms with van der Waals surface area (Å²) in [6.07, 6.45) is 2.85. The third kappa shape index (κ3) is 2.31. The van der Waals surface area contributed by atoms with Gasteiger partial charge in [0.15, 0.2) is 0 Å². The van der Waals surface area contributed by atoms with E-state index in [9.17, 15) is 0 Å². The molecule has 0 radical (unpaired) electrons. The summed E-state index contributed by atoms with van der Waals surface area (Å²) in [4.78, 5) is 7.96. The number of benzene rings is 2. The van der Waals surface area contributed by atoms with E-state index in [1.54, 1.807) is 0 Å². The van der Waals surface area contributed by atoms with Crippen LogP contribution in [0, 0.1) is 0 Å². The van der Waals surface area contributed by atoms with Gasteiger partial charge in [-0.05, 0) is 24.1 Å². The minimum absolute atomic E-state index is 0.867. The van der Waals surface area contributed by atoms with Gasteiger partial charge in [-0.1, -0.05) is 48.5 Å². The van der Waals surface area contributed by atoms with Gasteiger partial charge in [0.05, 0.1) is 5.52 Å². The molecule has 0 spiro atoms. The molecule has 0 saturated carbocycles. The van der Waals surface area contributed by atoms with Crippen molar-refractivity contribution in [2.75, 3.05) is 11.9 Å². The number of para-hydroxylation sites is 1. The molecule has 0 amide bonds. The molecule has 0 atom stereocenters. The average molecular weight is 287 g/mol. The monoisotopic (exact) mass is 287 g/mol. The SMILES string of the molecule is c1ccc(CCNc2nccc3c2[nH]c2ccccc23)cc1. The summed E-state index contributed by atoms with van der Waals surface area (Å²) >= 11 is 0. The van der Waals surface area contributed by atoms with E-state index < -0.39 is 0 Å². The van der Waals surface area contributed by atoms with E-state index in [2.05, 4.69) is 63.8 Å². The summed E-state index contributed by atoms with van der Waals surface area (Å²) in [5.41, 5.74) is 3.56. The van der Waals surface area contributed by atoms with Crippen molar-refractivity contribution in [3.05, 3.63) is 72.4 Å². The summed E-state index contributed by atoms with van der Waals surface area (Å²) in [6, 6.07) is 20.9. The van der Waals surface area contributed by atoms with E-state index >= 15 is 0 Å². The van der Waals surface area contributed by atoms with E-state index in [1.165, 1.54) is 16.3 Å². The van der Waals surface area contributed by atoms with Gasteiger partial charge in [-0.25, -0.2) is 4.98 Å². The molecule has 2 heterocycles. The Bertz CT molecular complexity index is 910. The summed E-state index contributed by atoms with van der Waals surface area (Å²) in [5.74, 6) is 0.921. The number of aromatic amines is 1. The van der Waals surface area contributed by atoms with Crippen LogP contribution >= 0.6 is 0 Å². The van der Waals surface area contributed by atoms with E-state index in [-0.39, 0.29) is 0 Å². The largest absolute Gasteiger partial charge is 0.368 e. The molecule has 2 aromatic carbocycles. The highest BCUT2D eigenvalue weighted by molar-refractivity contribution is 6.10. The molecule has 0 fully saturated rings. The molecule has 0 aliphatic carbocycles. The number of hydrogen-bond donors (Lipinski definition) is 2. The number of aromatic nitrogens is 2. The van der Waals surface area contributed by atoms with E-state index in [4.69, 9.17) is 0 Å². The Morgan fingerprint density at radius 1 is 0.864 bits per heavy atom. The van der Waals surface area contributed by atoms with E-state index in [0.717, 1.165) is 29.8 Å². The molecule has 0 aliphatic heterocycles. The molecule has 2 N–H and O–H groups in total. The quantitative estimate of drug-likeness (QED) is 0.585. The third-order valence-electron chi connectivity index (χ3n) is 3.98. The number of hydrogen-bond acceptors (Lipinski definition) is 2. The molecule has 108 valence electrons. The van der Waals surface area contributed by atoms with Gasteiger partial charge < -0.3 is 10.3 Å². The highest BCUT2D eigenvalue weighted by Crippen LogP contribution is 2.28. The number of anilines is 1. The zero-order valence-electron chi connectivity index (χ0n) is 12.2. The summed E-state index contributed by atoms with van der Waals surface area (Å²) < 4.78 is 0. The normalized spacial score (nSPS) is 11.1. The van der Waals surface area contributed by atoms with E-state index in [1.807, 2.05) is 18.3 Å². The van der Waals surface area contributed by atoms with E-state index in [0.29, 0.717) is 0 Å². The second-order valence-corrected chi connectivity index (χ2v) is 5.42. The predicted molar refractivity (Wildman–Crippen MR) is 92.2 cm³/mol. The Kier molecular flexibility index (Phi) is 3.24. The second-order valence-electron chi connectivity index (χ2n) is 5.42. The van der Waals surface area contributed by atoms with Gasteiger partial charge in [0.25, 0.3) is 0 Å². The van der Waals surface area contributed by atoms with Gasteiger partial charge in [-0.3, -0.25) is 0 Å². The molecular formula is C19H17N3. The van der Waals surface area contributed by atoms with Crippen molar-refractivity contribution in [1.29, 1.82) is 0 Å². The molecule has 0 aliphatic rings. The van der Waals surface area contributed by atoms with Crippen molar-refractivity contribution in [2.45, 2.75) is 6.42 Å². The minimum Gasteiger partial charge on any atom is -0.368 e. The fraction of sp³-hybridized carbons (Fsp3) is 0.105. The maximum Gasteiger partial charge on any atom is 0.150 e. The van der Waals surface area contributed by atoms with Crippen LogP contribution in [0.4, 0.5) is 5.82 Å². The number of rotatable bonds is 4. The zero-order chi connectivity index (χ0) is 14.8. The standard InChI is InChI=1S/C19H17N3/c1-2-6-14(7-3-1)10-12-20-19-18-16(11-13-21-19)15-8-4-5-9-17(15)22-18/h1-9,11,13,22H,10,12H2,(H,20,21). The maximum absolute atomic E-state index is 4.49. The smallest absolute Gasteiger partial charge is 0.150 e. The highest BCUT2D eigenvalue weighted by atomic mass is 15.0. The maximum atomic E-state index is 4.49. The van der Waals surface area contributed by atoms with Crippen molar-refractivity contribution in [3.8, 4) is 0 Å². The van der Waals surface area contributed by atoms with Crippen LogP contribution in [0.2, 0.25) is 0 Å². The lowest BCUT2D eigenvalue weighted by molar-refractivity contribution is 1.01. The van der Waals surface area contributed by atoms with Gasteiger partial charge in [0.1, 0.15) is 5.82 Å². The zero-order valence-corrected chi connectivity index (χ0v) is 12.2. The van der Waals surface area contributed by atoms with Crippen LogP contribution in [-0.2, 0) is 6.42 Å². The number of fused-ring (bicyclic) bond motifs is 3. The average Bonchev–Trinajstić information content (AvgIpc) is 2.96. The van der Waals surface area contributed by atoms with Crippen LogP contribution < -0.4 is 5.32 Å². The van der Waals surface area contributed by atoms with Gasteiger partial charge >= 0.3 is 0 Å². The van der Waals surface area contributed by atoms with Crippen molar-refractivity contribution in [1.82, 2.24) is 9.97 Å². The number of nitrogens with one attached hydrogen (secondary N) is 2. The fourth-order valence-corrected chi connectivity index (χ4v) is 2.88. The van der Waals surface area contributed by atoms with Crippen molar-refractivity contribution in [2.24, 2.45) is 0 Å². The van der Waals surface area contributed by atoms with Crippen molar-refractivity contribution in [3.63, 3.8) is 0 Å². The number of pyridine rings is 1. The van der Waals surface area contributed by atoms with Crippen LogP contribution in [0.3, 0.4) is 0 Å². The van der Waals surface area contributed by atoms with Crippen molar-refractivity contribution < 1.29 is 0 Å². The molecule has 3 nitrogen and oxygen atoms in total. The van der Waals surface area contributed by atoms with Crippen molar-refractivity contribution >= 4 is 27.6 Å². The summed E-state index contributed by atoms with van der Waals surface area (Å²) in [5, 5.41) is 5.91. The molecule has 22 heavy (non-hydrogen) atoms. The van der Waals surface area contributed by atoms with Gasteiger partial charge in [-0.15, -0.1) is 0 Å². The molecule has 4 aromatic rings. The van der Waals surface area contributed by atoms with Gasteiger partial charge in [-0.2, -0.15) is 0 Å². The predicted octanol–water partition coefficient (Wildman–Crippen LogP) is 4.37. The summed E-state index contributed by atoms with van der Waals surface area (Å²) in [6.45, 7) is 0.867. The molecule has 0 bridgehead atoms. The van der Waals surface area contributed by atoms with Crippen LogP contribution in [0.1, 0.15) is 5.56 Å². The first-order valence-electron chi connectivity index (χ1n) is 7.55. The first-order chi connectivity index (χ1) is 10.9. The lowest BCUT2D eigenvalue weighted by Gasteiger charge is -2.06. The topological polar surface area (TPSA) is 40.7 Å². The Labute approximate surface area is 129 Å². The fourth-order valence-electron chi connectivity index (χ4n) is 2.88. The number of nitrogens with zero attached hydrogens (tertiary/aromatic N) is 1. The Morgan fingerprint density at radius 3 is 2.59 bits per heavy atom. The van der Waals surface area contributed by atoms with Gasteiger partial charge in [0.2, 0.25) is 0 Å². The minimum atomic E-state index is 0.867. The first kappa shape index (κ1) is 12.9. The van der Waals surface area contributed by atoms with Crippen LogP contribution in [-0.4, -0.2) is 16.5 Å². The molecule has 2 aromatic heterocycles. The Morgan fingerprint density at radius 2 is 1.68 bits per heavy atom. The molecule has 4 rings (SSSR count). The second kappa shape index (κ2) is 5.53. The lowest BCUT2D eigenvalue weighted by atomic mass is 10.1. The molecule has 0 saturated heterocycles. The Hall–Kier alpha value is -2.81. The Balaban J connectivity index is 1.61. The lowest BCUT2D eigenvalue weighted by Crippen LogP contribution is -2.06. The number of H-pyrrole nitrogens is 1. The molecule has 3 heteroatoms. The summed E-state index contributed by atoms with van der Waals surface area (Å²) in [7, 11) is 0.